The zero-order chi connectivity index (χ0) is 14.8. The van der Waals surface area contributed by atoms with E-state index in [1.54, 1.807) is 7.11 Å². The average molecular weight is 355 g/mol. The van der Waals surface area contributed by atoms with E-state index in [2.05, 4.69) is 26.9 Å². The summed E-state index contributed by atoms with van der Waals surface area (Å²) in [7, 11) is 1.80. The van der Waals surface area contributed by atoms with Crippen LogP contribution in [0, 0.1) is 0 Å². The number of halogens is 1. The number of morpholine rings is 1. The summed E-state index contributed by atoms with van der Waals surface area (Å²) in [5.41, 5.74) is 9.42. The fraction of sp³-hybridized carbons (Fsp3) is 0.625. The zero-order valence-electron chi connectivity index (χ0n) is 12.5. The number of nitrogens with zero attached hydrogens (tertiary/aromatic N) is 1. The average Bonchev–Trinajstić information content (AvgIpc) is 2.68. The number of ether oxygens (including phenoxy) is 2. The normalized spacial score (nSPS) is 27.1. The second-order valence-corrected chi connectivity index (χ2v) is 6.73. The lowest BCUT2D eigenvalue weighted by Gasteiger charge is -2.35. The monoisotopic (exact) mass is 354 g/mol. The minimum Gasteiger partial charge on any atom is -0.399 e. The Morgan fingerprint density at radius 3 is 2.81 bits per heavy atom. The topological polar surface area (TPSA) is 47.7 Å². The molecule has 0 bridgehead atoms. The lowest BCUT2D eigenvalue weighted by atomic mass is 10.00. The molecule has 2 atom stereocenters. The predicted molar refractivity (Wildman–Crippen MR) is 87.4 cm³/mol. The summed E-state index contributed by atoms with van der Waals surface area (Å²) < 4.78 is 12.4. The third-order valence-corrected chi connectivity index (χ3v) is 5.37. The van der Waals surface area contributed by atoms with Gasteiger partial charge in [0.2, 0.25) is 0 Å². The van der Waals surface area contributed by atoms with Crippen molar-refractivity contribution in [2.45, 2.75) is 31.4 Å². The second-order valence-electron chi connectivity index (χ2n) is 5.87. The zero-order valence-corrected chi connectivity index (χ0v) is 14.1. The van der Waals surface area contributed by atoms with Gasteiger partial charge in [0.05, 0.1) is 19.3 Å². The molecule has 0 amide bonds. The molecule has 5 heteroatoms. The highest BCUT2D eigenvalue weighted by atomic mass is 79.9. The van der Waals surface area contributed by atoms with Gasteiger partial charge in [0.25, 0.3) is 0 Å². The van der Waals surface area contributed by atoms with E-state index in [1.807, 2.05) is 6.07 Å². The molecule has 0 saturated carbocycles. The Morgan fingerprint density at radius 2 is 2.10 bits per heavy atom. The largest absolute Gasteiger partial charge is 0.399 e. The maximum absolute atomic E-state index is 6.02. The van der Waals surface area contributed by atoms with E-state index in [9.17, 15) is 0 Å². The Balaban J connectivity index is 1.86. The first kappa shape index (κ1) is 15.3. The van der Waals surface area contributed by atoms with Crippen molar-refractivity contribution in [2.75, 3.05) is 39.1 Å². The van der Waals surface area contributed by atoms with E-state index in [1.165, 1.54) is 11.1 Å². The molecule has 0 spiro atoms. The van der Waals surface area contributed by atoms with Gasteiger partial charge in [-0.05, 0) is 42.5 Å². The molecular weight excluding hydrogens is 332 g/mol. The van der Waals surface area contributed by atoms with Gasteiger partial charge in [-0.1, -0.05) is 15.9 Å². The predicted octanol–water partition coefficient (Wildman–Crippen LogP) is 2.76. The van der Waals surface area contributed by atoms with Crippen molar-refractivity contribution in [1.82, 2.24) is 4.90 Å². The van der Waals surface area contributed by atoms with Crippen molar-refractivity contribution in [3.63, 3.8) is 0 Å². The van der Waals surface area contributed by atoms with Crippen LogP contribution in [0.2, 0.25) is 0 Å². The quantitative estimate of drug-likeness (QED) is 0.655. The summed E-state index contributed by atoms with van der Waals surface area (Å²) in [6, 6.07) is 4.63. The number of hydrogen-bond acceptors (Lipinski definition) is 4. The molecule has 2 unspecified atom stereocenters. The number of rotatable bonds is 2. The molecular formula is C16H23BrN2O2. The minimum absolute atomic E-state index is 0.121. The van der Waals surface area contributed by atoms with E-state index in [0.717, 1.165) is 55.7 Å². The highest BCUT2D eigenvalue weighted by Gasteiger charge is 2.30. The smallest absolute Gasteiger partial charge is 0.0839 e. The summed E-state index contributed by atoms with van der Waals surface area (Å²) in [6.45, 7) is 3.75. The number of methoxy groups -OCH3 is 1. The Kier molecular flexibility index (Phi) is 4.84. The van der Waals surface area contributed by atoms with Gasteiger partial charge < -0.3 is 15.2 Å². The lowest BCUT2D eigenvalue weighted by molar-refractivity contribution is -0.00306. The van der Waals surface area contributed by atoms with Gasteiger partial charge in [-0.25, -0.2) is 0 Å². The number of fused-ring (bicyclic) bond motifs is 1. The molecule has 0 radical (unpaired) electrons. The Morgan fingerprint density at radius 1 is 1.33 bits per heavy atom. The fourth-order valence-corrected chi connectivity index (χ4v) is 4.22. The van der Waals surface area contributed by atoms with E-state index in [0.29, 0.717) is 6.04 Å². The van der Waals surface area contributed by atoms with Gasteiger partial charge in [-0.15, -0.1) is 0 Å². The van der Waals surface area contributed by atoms with Crippen LogP contribution in [-0.4, -0.2) is 44.4 Å². The van der Waals surface area contributed by atoms with Crippen molar-refractivity contribution in [3.05, 3.63) is 27.7 Å². The van der Waals surface area contributed by atoms with Gasteiger partial charge in [-0.2, -0.15) is 0 Å². The molecule has 3 rings (SSSR count). The first-order chi connectivity index (χ1) is 10.2. The van der Waals surface area contributed by atoms with Gasteiger partial charge >= 0.3 is 0 Å². The van der Waals surface area contributed by atoms with Crippen LogP contribution in [0.5, 0.6) is 0 Å². The molecule has 1 fully saturated rings. The first-order valence-corrected chi connectivity index (χ1v) is 8.40. The second kappa shape index (κ2) is 6.65. The minimum atomic E-state index is 0.121. The third kappa shape index (κ3) is 3.26. The lowest BCUT2D eigenvalue weighted by Crippen LogP contribution is -2.44. The molecule has 1 aromatic carbocycles. The standard InChI is InChI=1S/C16H23BrN2O2/c1-20-16-10-12(19-4-6-21-7-5-19)2-3-13-14(16)8-11(18)9-15(13)17/h8-9,12,16H,2-7,10,18H2,1H3. The molecule has 0 aromatic heterocycles. The van der Waals surface area contributed by atoms with Gasteiger partial charge in [-0.3, -0.25) is 4.90 Å². The van der Waals surface area contributed by atoms with Crippen LogP contribution >= 0.6 is 15.9 Å². The summed E-state index contributed by atoms with van der Waals surface area (Å²) in [5, 5.41) is 0. The molecule has 1 aliphatic heterocycles. The highest BCUT2D eigenvalue weighted by molar-refractivity contribution is 9.10. The molecule has 1 aromatic rings. The van der Waals surface area contributed by atoms with Gasteiger partial charge in [0.15, 0.2) is 0 Å². The van der Waals surface area contributed by atoms with Crippen molar-refractivity contribution in [3.8, 4) is 0 Å². The molecule has 1 heterocycles. The Labute approximate surface area is 134 Å². The molecule has 116 valence electrons. The van der Waals surface area contributed by atoms with Crippen molar-refractivity contribution < 1.29 is 9.47 Å². The van der Waals surface area contributed by atoms with Crippen LogP contribution < -0.4 is 5.73 Å². The van der Waals surface area contributed by atoms with Crippen LogP contribution in [0.15, 0.2) is 16.6 Å². The fourth-order valence-electron chi connectivity index (χ4n) is 3.53. The summed E-state index contributed by atoms with van der Waals surface area (Å²) in [6.07, 6.45) is 3.38. The van der Waals surface area contributed by atoms with Crippen LogP contribution in [0.25, 0.3) is 0 Å². The third-order valence-electron chi connectivity index (χ3n) is 4.66. The Bertz CT molecular complexity index is 503. The van der Waals surface area contributed by atoms with Gasteiger partial charge in [0, 0.05) is 36.4 Å². The maximum Gasteiger partial charge on any atom is 0.0839 e. The van der Waals surface area contributed by atoms with E-state index in [4.69, 9.17) is 15.2 Å². The van der Waals surface area contributed by atoms with Crippen molar-refractivity contribution >= 4 is 21.6 Å². The van der Waals surface area contributed by atoms with Crippen LogP contribution in [0.1, 0.15) is 30.1 Å². The van der Waals surface area contributed by atoms with E-state index in [-0.39, 0.29) is 6.10 Å². The van der Waals surface area contributed by atoms with E-state index >= 15 is 0 Å². The molecule has 1 aliphatic carbocycles. The number of nitrogens with two attached hydrogens (primary N) is 1. The molecule has 1 saturated heterocycles. The molecule has 2 aliphatic rings. The summed E-state index contributed by atoms with van der Waals surface area (Å²) in [4.78, 5) is 2.55. The molecule has 2 N–H and O–H groups in total. The summed E-state index contributed by atoms with van der Waals surface area (Å²) >= 11 is 3.67. The molecule has 4 nitrogen and oxygen atoms in total. The van der Waals surface area contributed by atoms with Crippen LogP contribution in [0.4, 0.5) is 5.69 Å². The van der Waals surface area contributed by atoms with Crippen molar-refractivity contribution in [1.29, 1.82) is 0 Å². The van der Waals surface area contributed by atoms with Crippen LogP contribution in [-0.2, 0) is 15.9 Å². The highest BCUT2D eigenvalue weighted by Crippen LogP contribution is 2.38. The Hall–Kier alpha value is -0.620. The number of nitrogen functional groups attached to an aromatic ring is 1. The van der Waals surface area contributed by atoms with Crippen LogP contribution in [0.3, 0.4) is 0 Å². The number of anilines is 1. The first-order valence-electron chi connectivity index (χ1n) is 7.61. The summed E-state index contributed by atoms with van der Waals surface area (Å²) in [5.74, 6) is 0. The number of hydrogen-bond donors (Lipinski definition) is 1. The molecule has 21 heavy (non-hydrogen) atoms. The van der Waals surface area contributed by atoms with Gasteiger partial charge in [0.1, 0.15) is 0 Å². The SMILES string of the molecule is COC1CC(N2CCOCC2)CCc2c(Br)cc(N)cc21. The van der Waals surface area contributed by atoms with Crippen molar-refractivity contribution in [2.24, 2.45) is 0 Å². The maximum atomic E-state index is 6.02. The number of benzene rings is 1. The van der Waals surface area contributed by atoms with E-state index < -0.39 is 0 Å².